The molecule has 0 saturated carbocycles. The Labute approximate surface area is 650 Å². The summed E-state index contributed by atoms with van der Waals surface area (Å²) < 4.78 is 0. The highest BCUT2D eigenvalue weighted by Crippen LogP contribution is 2.45. The molecule has 19 aromatic carbocycles. The van der Waals surface area contributed by atoms with Crippen LogP contribution < -0.4 is 0 Å². The minimum absolute atomic E-state index is 0.163. The molecule has 0 fully saturated rings. The Balaban J connectivity index is 0.0000000976. The van der Waals surface area contributed by atoms with E-state index in [1.807, 2.05) is 189 Å². The predicted octanol–water partition coefficient (Wildman–Crippen LogP) is 23.4. The number of hydrogen-bond donors (Lipinski definition) is 4. The van der Waals surface area contributed by atoms with Crippen molar-refractivity contribution in [1.82, 2.24) is 60.0 Å². The molecule has 0 radical (unpaired) electrons. The standard InChI is InChI=1S/C27H19N3O.C24H14ClN3O.C22H12ClN3O.C20H12ClN3O/c1-17-15-23(18-9-3-2-4-10-18)27(31)24(16-17)30-28-25-21-13-7-5-11-19(21)20-12-6-8-14-22(20)26(25)29-30;25-17-10-11-19-20(13-17)27-28(26-19)21-12-9-16-8-7-15-6-5-14-3-1-2-4-18(14)22(15)23(16)24(21)29;23-15-7-9-17-18(11-15)25-26(24-17)19-10-14-5-4-12-2-1-3-13-6-8-16(22(19)27)21(14)20(12)13;21-12-9-10-17-18(11-12)23-24(22-17)19-15-7-3-1-5-13(15)14-6-2-4-8-16(14)20(19)25/h2-16,31H,1H3;1-13,29H;1-11,27H;1-11,25H. The molecule has 0 saturated heterocycles. The molecule has 0 atom stereocenters. The number of halogens is 3. The van der Waals surface area contributed by atoms with Crippen LogP contribution in [0.15, 0.2) is 303 Å². The largest absolute Gasteiger partial charge is 0.505 e. The summed E-state index contributed by atoms with van der Waals surface area (Å²) >= 11 is 18.2. The molecule has 4 aromatic heterocycles. The van der Waals surface area contributed by atoms with Crippen molar-refractivity contribution in [3.63, 3.8) is 0 Å². The average Bonchev–Trinajstić information content (AvgIpc) is 0.970. The fourth-order valence-electron chi connectivity index (χ4n) is 15.6. The highest BCUT2D eigenvalue weighted by molar-refractivity contribution is 6.32. The Morgan fingerprint density at radius 1 is 0.241 bits per heavy atom. The fraction of sp³-hybridized carbons (Fsp3) is 0.0108. The highest BCUT2D eigenvalue weighted by Gasteiger charge is 2.23. The zero-order chi connectivity index (χ0) is 75.6. The first-order chi connectivity index (χ1) is 54.8. The minimum atomic E-state index is 0.163. The normalized spacial score (nSPS) is 11.7. The van der Waals surface area contributed by atoms with Gasteiger partial charge >= 0.3 is 0 Å². The minimum Gasteiger partial charge on any atom is -0.505 e. The molecular weight excluding hydrogens is 1460 g/mol. The number of aromatic hydroxyl groups is 4. The number of fused-ring (bicyclic) bond motifs is 17. The molecule has 16 nitrogen and oxygen atoms in total. The highest BCUT2D eigenvalue weighted by atomic mass is 35.5. The van der Waals surface area contributed by atoms with Crippen LogP contribution in [-0.4, -0.2) is 80.4 Å². The van der Waals surface area contributed by atoms with E-state index < -0.39 is 0 Å². The molecule has 0 bridgehead atoms. The summed E-state index contributed by atoms with van der Waals surface area (Å²) in [6.07, 6.45) is 0. The van der Waals surface area contributed by atoms with Crippen LogP contribution in [0.4, 0.5) is 0 Å². The number of aromatic nitrogens is 12. The number of nitrogens with zero attached hydrogens (tertiary/aromatic N) is 12. The van der Waals surface area contributed by atoms with E-state index in [2.05, 4.69) is 116 Å². The van der Waals surface area contributed by atoms with E-state index in [1.54, 1.807) is 41.2 Å². The lowest BCUT2D eigenvalue weighted by atomic mass is 9.93. The van der Waals surface area contributed by atoms with Crippen molar-refractivity contribution < 1.29 is 20.4 Å². The van der Waals surface area contributed by atoms with Gasteiger partial charge in [0.2, 0.25) is 0 Å². The number of hydrogen-bond acceptors (Lipinski definition) is 12. The zero-order valence-electron chi connectivity index (χ0n) is 59.2. The molecular formula is C93H57Cl3N12O4. The van der Waals surface area contributed by atoms with Crippen LogP contribution in [0.5, 0.6) is 23.0 Å². The summed E-state index contributed by atoms with van der Waals surface area (Å²) in [5.41, 5.74) is 10.9. The molecule has 4 heterocycles. The Hall–Kier alpha value is -14.3. The third kappa shape index (κ3) is 11.4. The number of phenolic OH excluding ortho intramolecular Hbond substituents is 4. The van der Waals surface area contributed by atoms with Crippen LogP contribution in [0.25, 0.3) is 186 Å². The molecule has 0 aliphatic rings. The number of aryl methyl sites for hydroxylation is 1. The van der Waals surface area contributed by atoms with Crippen molar-refractivity contribution in [3.05, 3.63) is 324 Å². The van der Waals surface area contributed by atoms with E-state index in [1.165, 1.54) is 19.8 Å². The molecule has 0 aliphatic heterocycles. The van der Waals surface area contributed by atoms with Gasteiger partial charge in [-0.15, -0.1) is 60.0 Å². The molecule has 0 spiro atoms. The molecule has 4 N–H and O–H groups in total. The maximum Gasteiger partial charge on any atom is 0.151 e. The predicted molar refractivity (Wildman–Crippen MR) is 454 cm³/mol. The van der Waals surface area contributed by atoms with Crippen LogP contribution >= 0.6 is 34.8 Å². The van der Waals surface area contributed by atoms with Gasteiger partial charge in [-0.2, -0.15) is 0 Å². The van der Waals surface area contributed by atoms with Gasteiger partial charge in [-0.05, 0) is 168 Å². The Kier molecular flexibility index (Phi) is 16.1. The van der Waals surface area contributed by atoms with Crippen molar-refractivity contribution in [2.75, 3.05) is 0 Å². The lowest BCUT2D eigenvalue weighted by Crippen LogP contribution is -2.01. The van der Waals surface area contributed by atoms with Crippen LogP contribution in [0.3, 0.4) is 0 Å². The van der Waals surface area contributed by atoms with Crippen LogP contribution in [0, 0.1) is 6.92 Å². The second-order valence-corrected chi connectivity index (χ2v) is 28.9. The van der Waals surface area contributed by atoms with E-state index >= 15 is 0 Å². The third-order valence-corrected chi connectivity index (χ3v) is 21.5. The van der Waals surface area contributed by atoms with Crippen LogP contribution in [-0.2, 0) is 0 Å². The molecule has 23 aromatic rings. The molecule has 23 rings (SSSR count). The summed E-state index contributed by atoms with van der Waals surface area (Å²) in [7, 11) is 0. The van der Waals surface area contributed by atoms with Crippen molar-refractivity contribution in [2.45, 2.75) is 6.92 Å². The zero-order valence-corrected chi connectivity index (χ0v) is 61.4. The van der Waals surface area contributed by atoms with Gasteiger partial charge in [-0.3, -0.25) is 0 Å². The van der Waals surface area contributed by atoms with Crippen molar-refractivity contribution >= 4 is 187 Å². The van der Waals surface area contributed by atoms with Gasteiger partial charge in [0.1, 0.15) is 66.9 Å². The second-order valence-electron chi connectivity index (χ2n) is 27.6. The van der Waals surface area contributed by atoms with Crippen LogP contribution in [0.1, 0.15) is 5.56 Å². The summed E-state index contributed by atoms with van der Waals surface area (Å²) in [5, 5.41) is 104. The van der Waals surface area contributed by atoms with Crippen molar-refractivity contribution in [3.8, 4) is 56.9 Å². The number of phenols is 4. The van der Waals surface area contributed by atoms with Gasteiger partial charge in [0.15, 0.2) is 23.0 Å². The van der Waals surface area contributed by atoms with Crippen molar-refractivity contribution in [1.29, 1.82) is 0 Å². The topological polar surface area (TPSA) is 204 Å². The van der Waals surface area contributed by atoms with E-state index in [4.69, 9.17) is 45.0 Å². The van der Waals surface area contributed by atoms with Gasteiger partial charge in [-0.1, -0.05) is 253 Å². The van der Waals surface area contributed by atoms with Gasteiger partial charge in [0.05, 0.1) is 0 Å². The molecule has 534 valence electrons. The Bertz CT molecular complexity index is 7700. The van der Waals surface area contributed by atoms with Gasteiger partial charge in [0.25, 0.3) is 0 Å². The molecule has 19 heteroatoms. The average molecular weight is 1510 g/mol. The van der Waals surface area contributed by atoms with Crippen LogP contribution in [0.2, 0.25) is 15.1 Å². The summed E-state index contributed by atoms with van der Waals surface area (Å²) in [6, 6.07) is 98.9. The molecule has 0 unspecified atom stereocenters. The van der Waals surface area contributed by atoms with Crippen molar-refractivity contribution in [2.24, 2.45) is 0 Å². The lowest BCUT2D eigenvalue weighted by molar-refractivity contribution is 0.469. The monoisotopic (exact) mass is 1510 g/mol. The first-order valence-electron chi connectivity index (χ1n) is 36.0. The first-order valence-corrected chi connectivity index (χ1v) is 37.2. The van der Waals surface area contributed by atoms with Gasteiger partial charge in [-0.25, -0.2) is 0 Å². The molecule has 0 aliphatic carbocycles. The fourth-order valence-corrected chi connectivity index (χ4v) is 16.1. The molecule has 0 amide bonds. The second kappa shape index (κ2) is 26.8. The quantitative estimate of drug-likeness (QED) is 0.119. The van der Waals surface area contributed by atoms with E-state index in [9.17, 15) is 20.4 Å². The van der Waals surface area contributed by atoms with Gasteiger partial charge < -0.3 is 20.4 Å². The molecule has 112 heavy (non-hydrogen) atoms. The SMILES string of the molecule is Cc1cc(-c2ccccc2)c(O)c(-n2nc3c4ccccc4c4ccccc4c3n2)c1.Oc1c(-n2nc3ccc(Cl)cc3n2)c2ccccc2c2ccccc12.Oc1c(-n2nc3ccc(Cl)cc3n2)cc2ccc3cccc4ccc1c2c34.Oc1c(-n2nc3ccc(Cl)cc3n2)ccc2ccc3ccc4ccccc4c3c12. The first kappa shape index (κ1) is 67.1. The summed E-state index contributed by atoms with van der Waals surface area (Å²) in [5.74, 6) is 0.675. The smallest absolute Gasteiger partial charge is 0.151 e. The summed E-state index contributed by atoms with van der Waals surface area (Å²) in [6.45, 7) is 2.02. The third-order valence-electron chi connectivity index (χ3n) is 20.8. The van der Waals surface area contributed by atoms with E-state index in [-0.39, 0.29) is 23.0 Å². The summed E-state index contributed by atoms with van der Waals surface area (Å²) in [4.78, 5) is 6.01. The Morgan fingerprint density at radius 2 is 0.643 bits per heavy atom. The Morgan fingerprint density at radius 3 is 1.24 bits per heavy atom. The maximum absolute atomic E-state index is 11.3. The number of rotatable bonds is 5. The number of benzene rings is 19. The maximum atomic E-state index is 11.3. The van der Waals surface area contributed by atoms with E-state index in [0.29, 0.717) is 54.4 Å². The van der Waals surface area contributed by atoms with Gasteiger partial charge in [0, 0.05) is 63.7 Å². The lowest BCUT2D eigenvalue weighted by Gasteiger charge is -2.14. The van der Waals surface area contributed by atoms with E-state index in [0.717, 1.165) is 147 Å².